The van der Waals surface area contributed by atoms with Crippen LogP contribution in [-0.4, -0.2) is 22.4 Å². The summed E-state index contributed by atoms with van der Waals surface area (Å²) in [5.41, 5.74) is 1.32. The van der Waals surface area contributed by atoms with Gasteiger partial charge >= 0.3 is 0 Å². The number of ether oxygens (including phenoxy) is 1. The van der Waals surface area contributed by atoms with E-state index in [1.54, 1.807) is 31.2 Å². The van der Waals surface area contributed by atoms with Crippen LogP contribution in [0.4, 0.5) is 4.39 Å². The molecule has 4 nitrogen and oxygen atoms in total. The van der Waals surface area contributed by atoms with Crippen molar-refractivity contribution in [2.75, 3.05) is 7.11 Å². The topological polar surface area (TPSA) is 55.2 Å². The Balaban J connectivity index is 2.28. The van der Waals surface area contributed by atoms with Crippen LogP contribution in [-0.2, 0) is 0 Å². The molecule has 0 saturated heterocycles. The van der Waals surface area contributed by atoms with Gasteiger partial charge in [0.15, 0.2) is 0 Å². The Kier molecular flexibility index (Phi) is 3.53. The molecule has 18 heavy (non-hydrogen) atoms. The Morgan fingerprint density at radius 3 is 2.56 bits per heavy atom. The van der Waals surface area contributed by atoms with E-state index >= 15 is 0 Å². The molecule has 0 saturated carbocycles. The minimum absolute atomic E-state index is 0.346. The molecule has 0 amide bonds. The lowest BCUT2D eigenvalue weighted by atomic mass is 10.0. The SMILES string of the molecule is COc1ccc(C(O)c2ccc(C)c(F)c2)nn1. The van der Waals surface area contributed by atoms with Crippen LogP contribution in [0.25, 0.3) is 0 Å². The molecule has 2 aromatic rings. The maximum Gasteiger partial charge on any atom is 0.233 e. The van der Waals surface area contributed by atoms with Crippen LogP contribution in [0.2, 0.25) is 0 Å². The molecule has 1 aromatic carbocycles. The summed E-state index contributed by atoms with van der Waals surface area (Å²) in [4.78, 5) is 0. The highest BCUT2D eigenvalue weighted by atomic mass is 19.1. The molecule has 0 aliphatic carbocycles. The van der Waals surface area contributed by atoms with E-state index in [2.05, 4.69) is 10.2 Å². The number of hydrogen-bond acceptors (Lipinski definition) is 4. The number of methoxy groups -OCH3 is 1. The number of rotatable bonds is 3. The first-order valence-electron chi connectivity index (χ1n) is 5.43. The number of aliphatic hydroxyl groups is 1. The smallest absolute Gasteiger partial charge is 0.233 e. The summed E-state index contributed by atoms with van der Waals surface area (Å²) in [5.74, 6) is 0.00839. The maximum absolute atomic E-state index is 13.4. The highest BCUT2D eigenvalue weighted by Gasteiger charge is 2.14. The van der Waals surface area contributed by atoms with E-state index in [1.807, 2.05) is 0 Å². The third-order valence-electron chi connectivity index (χ3n) is 2.66. The molecule has 0 fully saturated rings. The summed E-state index contributed by atoms with van der Waals surface area (Å²) in [6, 6.07) is 7.76. The number of nitrogens with zero attached hydrogens (tertiary/aromatic N) is 2. The van der Waals surface area contributed by atoms with E-state index in [-0.39, 0.29) is 5.82 Å². The lowest BCUT2D eigenvalue weighted by Gasteiger charge is -2.10. The fourth-order valence-electron chi connectivity index (χ4n) is 1.54. The van der Waals surface area contributed by atoms with Crippen molar-refractivity contribution in [2.45, 2.75) is 13.0 Å². The standard InChI is InChI=1S/C13H13FN2O2/c1-8-3-4-9(7-10(8)14)13(17)11-5-6-12(18-2)16-15-11/h3-7,13,17H,1-2H3. The molecule has 0 radical (unpaired) electrons. The van der Waals surface area contributed by atoms with Gasteiger partial charge in [0.05, 0.1) is 12.8 Å². The Hall–Kier alpha value is -2.01. The molecule has 0 aliphatic heterocycles. The Bertz CT molecular complexity index is 543. The second kappa shape index (κ2) is 5.10. The average molecular weight is 248 g/mol. The molecule has 1 unspecified atom stereocenters. The molecule has 94 valence electrons. The largest absolute Gasteiger partial charge is 0.480 e. The summed E-state index contributed by atoms with van der Waals surface area (Å²) < 4.78 is 18.3. The van der Waals surface area contributed by atoms with Gasteiger partial charge in [-0.2, -0.15) is 0 Å². The summed E-state index contributed by atoms with van der Waals surface area (Å²) in [6.07, 6.45) is -1.00. The van der Waals surface area contributed by atoms with Crippen LogP contribution in [0, 0.1) is 12.7 Å². The number of aromatic nitrogens is 2. The second-order valence-electron chi connectivity index (χ2n) is 3.91. The van der Waals surface area contributed by atoms with Crippen molar-refractivity contribution in [1.82, 2.24) is 10.2 Å². The minimum atomic E-state index is -1.00. The molecule has 1 heterocycles. The van der Waals surface area contributed by atoms with E-state index in [0.717, 1.165) is 0 Å². The van der Waals surface area contributed by atoms with Gasteiger partial charge in [0.1, 0.15) is 11.9 Å². The number of hydrogen-bond donors (Lipinski definition) is 1. The number of aryl methyl sites for hydroxylation is 1. The fraction of sp³-hybridized carbons (Fsp3) is 0.231. The van der Waals surface area contributed by atoms with Crippen LogP contribution < -0.4 is 4.74 Å². The van der Waals surface area contributed by atoms with Crippen molar-refractivity contribution < 1.29 is 14.2 Å². The Morgan fingerprint density at radius 1 is 1.22 bits per heavy atom. The zero-order valence-electron chi connectivity index (χ0n) is 10.1. The van der Waals surface area contributed by atoms with Crippen molar-refractivity contribution in [3.8, 4) is 5.88 Å². The van der Waals surface area contributed by atoms with Crippen LogP contribution in [0.15, 0.2) is 30.3 Å². The lowest BCUT2D eigenvalue weighted by molar-refractivity contribution is 0.213. The maximum atomic E-state index is 13.4. The zero-order chi connectivity index (χ0) is 13.1. The summed E-state index contributed by atoms with van der Waals surface area (Å²) >= 11 is 0. The monoisotopic (exact) mass is 248 g/mol. The summed E-state index contributed by atoms with van der Waals surface area (Å²) in [5, 5.41) is 17.6. The zero-order valence-corrected chi connectivity index (χ0v) is 10.1. The van der Waals surface area contributed by atoms with Crippen molar-refractivity contribution in [2.24, 2.45) is 0 Å². The van der Waals surface area contributed by atoms with Gasteiger partial charge < -0.3 is 9.84 Å². The van der Waals surface area contributed by atoms with Crippen molar-refractivity contribution in [1.29, 1.82) is 0 Å². The molecule has 2 rings (SSSR count). The lowest BCUT2D eigenvalue weighted by Crippen LogP contribution is -2.05. The number of halogens is 1. The molecule has 1 N–H and O–H groups in total. The Morgan fingerprint density at radius 2 is 2.00 bits per heavy atom. The van der Waals surface area contributed by atoms with E-state index in [0.29, 0.717) is 22.7 Å². The average Bonchev–Trinajstić information content (AvgIpc) is 2.41. The van der Waals surface area contributed by atoms with Crippen molar-refractivity contribution in [3.05, 3.63) is 53.0 Å². The quantitative estimate of drug-likeness (QED) is 0.902. The molecule has 0 bridgehead atoms. The predicted octanol–water partition coefficient (Wildman–Crippen LogP) is 2.01. The molecular formula is C13H13FN2O2. The first-order chi connectivity index (χ1) is 8.61. The van der Waals surface area contributed by atoms with Gasteiger partial charge in [-0.05, 0) is 30.2 Å². The van der Waals surface area contributed by atoms with Gasteiger partial charge in [0.25, 0.3) is 0 Å². The second-order valence-corrected chi connectivity index (χ2v) is 3.91. The van der Waals surface area contributed by atoms with Gasteiger partial charge in [-0.3, -0.25) is 0 Å². The van der Waals surface area contributed by atoms with Crippen molar-refractivity contribution >= 4 is 0 Å². The third kappa shape index (κ3) is 2.46. The first kappa shape index (κ1) is 12.4. The summed E-state index contributed by atoms with van der Waals surface area (Å²) in [7, 11) is 1.48. The van der Waals surface area contributed by atoms with Gasteiger partial charge in [-0.25, -0.2) is 4.39 Å². The van der Waals surface area contributed by atoms with Crippen LogP contribution in [0.3, 0.4) is 0 Å². The molecule has 5 heteroatoms. The van der Waals surface area contributed by atoms with Gasteiger partial charge in [-0.1, -0.05) is 12.1 Å². The molecule has 0 spiro atoms. The van der Waals surface area contributed by atoms with Gasteiger partial charge in [-0.15, -0.1) is 10.2 Å². The molecular weight excluding hydrogens is 235 g/mol. The van der Waals surface area contributed by atoms with Crippen LogP contribution >= 0.6 is 0 Å². The van der Waals surface area contributed by atoms with Crippen molar-refractivity contribution in [3.63, 3.8) is 0 Å². The fourth-order valence-corrected chi connectivity index (χ4v) is 1.54. The number of benzene rings is 1. The minimum Gasteiger partial charge on any atom is -0.480 e. The normalized spacial score (nSPS) is 12.2. The number of aliphatic hydroxyl groups excluding tert-OH is 1. The highest BCUT2D eigenvalue weighted by Crippen LogP contribution is 2.22. The molecule has 0 aliphatic rings. The van der Waals surface area contributed by atoms with Gasteiger partial charge in [0.2, 0.25) is 5.88 Å². The van der Waals surface area contributed by atoms with E-state index in [1.165, 1.54) is 13.2 Å². The highest BCUT2D eigenvalue weighted by molar-refractivity contribution is 5.29. The predicted molar refractivity (Wildman–Crippen MR) is 63.8 cm³/mol. The van der Waals surface area contributed by atoms with E-state index < -0.39 is 6.10 Å². The molecule has 1 aromatic heterocycles. The summed E-state index contributed by atoms with van der Waals surface area (Å²) in [6.45, 7) is 1.67. The third-order valence-corrected chi connectivity index (χ3v) is 2.66. The van der Waals surface area contributed by atoms with E-state index in [4.69, 9.17) is 4.74 Å². The van der Waals surface area contributed by atoms with Gasteiger partial charge in [0, 0.05) is 6.07 Å². The van der Waals surface area contributed by atoms with E-state index in [9.17, 15) is 9.50 Å². The van der Waals surface area contributed by atoms with Crippen LogP contribution in [0.5, 0.6) is 5.88 Å². The molecule has 1 atom stereocenters. The Labute approximate surface area is 104 Å². The first-order valence-corrected chi connectivity index (χ1v) is 5.43. The van der Waals surface area contributed by atoms with Crippen LogP contribution in [0.1, 0.15) is 22.9 Å².